The molecule has 1 aromatic rings. The molecule has 27 heavy (non-hydrogen) atoms. The van der Waals surface area contributed by atoms with E-state index < -0.39 is 0 Å². The number of halogens is 1. The number of carbonyl (C=O) groups excluding carboxylic acids is 2. The molecular formula is C21H25ClN2O3. The zero-order valence-corrected chi connectivity index (χ0v) is 16.5. The van der Waals surface area contributed by atoms with Crippen molar-refractivity contribution >= 4 is 23.3 Å². The number of rotatable bonds is 2. The van der Waals surface area contributed by atoms with Crippen molar-refractivity contribution in [1.82, 2.24) is 10.2 Å². The summed E-state index contributed by atoms with van der Waals surface area (Å²) in [5.74, 6) is 1.21. The Labute approximate surface area is 164 Å². The molecule has 4 bridgehead atoms. The number of piperidine rings is 4. The second kappa shape index (κ2) is 5.95. The van der Waals surface area contributed by atoms with E-state index in [1.165, 1.54) is 0 Å². The quantitative estimate of drug-likeness (QED) is 0.846. The van der Waals surface area contributed by atoms with E-state index in [0.717, 1.165) is 37.7 Å². The number of amides is 1. The van der Waals surface area contributed by atoms with Crippen LogP contribution in [0.2, 0.25) is 5.02 Å². The van der Waals surface area contributed by atoms with Crippen LogP contribution in [0.5, 0.6) is 5.75 Å². The van der Waals surface area contributed by atoms with Crippen LogP contribution in [0.15, 0.2) is 12.1 Å². The van der Waals surface area contributed by atoms with Crippen LogP contribution in [0, 0.1) is 5.92 Å². The second-order valence-corrected chi connectivity index (χ2v) is 9.67. The fourth-order valence-corrected chi connectivity index (χ4v) is 5.83. The van der Waals surface area contributed by atoms with E-state index in [0.29, 0.717) is 40.7 Å². The highest BCUT2D eigenvalue weighted by Gasteiger charge is 2.48. The van der Waals surface area contributed by atoms with E-state index in [4.69, 9.17) is 16.3 Å². The Hall–Kier alpha value is -1.59. The average Bonchev–Trinajstić information content (AvgIpc) is 2.87. The number of nitrogens with zero attached hydrogens (tertiary/aromatic N) is 1. The van der Waals surface area contributed by atoms with Gasteiger partial charge in [0.25, 0.3) is 5.91 Å². The van der Waals surface area contributed by atoms with Crippen LogP contribution in [-0.2, 0) is 11.2 Å². The summed E-state index contributed by atoms with van der Waals surface area (Å²) in [4.78, 5) is 27.4. The minimum absolute atomic E-state index is 0.104. The molecule has 5 aliphatic rings. The molecule has 6 rings (SSSR count). The van der Waals surface area contributed by atoms with Gasteiger partial charge in [0.1, 0.15) is 17.1 Å². The van der Waals surface area contributed by atoms with E-state index in [2.05, 4.69) is 10.2 Å². The third-order valence-electron chi connectivity index (χ3n) is 6.66. The van der Waals surface area contributed by atoms with Gasteiger partial charge < -0.3 is 10.1 Å². The molecule has 0 aliphatic carbocycles. The Morgan fingerprint density at radius 1 is 1.22 bits per heavy atom. The third-order valence-corrected chi connectivity index (χ3v) is 6.88. The summed E-state index contributed by atoms with van der Waals surface area (Å²) in [6.45, 7) is 4.65. The molecule has 1 amide bonds. The topological polar surface area (TPSA) is 58.6 Å². The second-order valence-electron chi connectivity index (χ2n) is 9.24. The third kappa shape index (κ3) is 2.95. The molecule has 5 heterocycles. The van der Waals surface area contributed by atoms with Gasteiger partial charge in [0.15, 0.2) is 0 Å². The van der Waals surface area contributed by atoms with E-state index in [9.17, 15) is 9.59 Å². The van der Waals surface area contributed by atoms with Gasteiger partial charge in [0.2, 0.25) is 0 Å². The highest BCUT2D eigenvalue weighted by atomic mass is 35.5. The SMILES string of the molecule is CC1(C)Cc2cc(Cl)cc(C(=O)NC3CC4CC5C[C@H](C3)N4CC5=O)c2O1. The van der Waals surface area contributed by atoms with Crippen LogP contribution in [-0.4, -0.2) is 46.9 Å². The molecule has 4 unspecified atom stereocenters. The smallest absolute Gasteiger partial charge is 0.255 e. The van der Waals surface area contributed by atoms with Crippen molar-refractivity contribution < 1.29 is 14.3 Å². The summed E-state index contributed by atoms with van der Waals surface area (Å²) in [6.07, 6.45) is 4.49. The van der Waals surface area contributed by atoms with Gasteiger partial charge in [0.05, 0.1) is 12.1 Å². The van der Waals surface area contributed by atoms with Crippen molar-refractivity contribution in [3.05, 3.63) is 28.3 Å². The standard InChI is InChI=1S/C21H25ClN2O3/c1-21(2)9-12-3-13(22)6-17(19(12)27-21)20(26)23-14-7-15-4-11-5-16(8-14)24(15)10-18(11)25/h3,6,11,14-16H,4-5,7-10H2,1-2H3,(H,23,26)/t11?,14?,15-,16?/m1/s1. The highest BCUT2D eigenvalue weighted by molar-refractivity contribution is 6.31. The highest BCUT2D eigenvalue weighted by Crippen LogP contribution is 2.42. The molecule has 6 heteroatoms. The molecule has 144 valence electrons. The molecule has 4 fully saturated rings. The molecule has 5 aliphatic heterocycles. The van der Waals surface area contributed by atoms with Gasteiger partial charge in [-0.15, -0.1) is 0 Å². The lowest BCUT2D eigenvalue weighted by molar-refractivity contribution is -0.141. The van der Waals surface area contributed by atoms with Crippen molar-refractivity contribution in [2.24, 2.45) is 5.92 Å². The first kappa shape index (κ1) is 17.5. The Bertz CT molecular complexity index is 821. The van der Waals surface area contributed by atoms with Crippen molar-refractivity contribution in [1.29, 1.82) is 0 Å². The minimum Gasteiger partial charge on any atom is -0.486 e. The number of nitrogens with one attached hydrogen (secondary N) is 1. The Balaban J connectivity index is 1.34. The first-order valence-electron chi connectivity index (χ1n) is 9.90. The van der Waals surface area contributed by atoms with Gasteiger partial charge in [-0.3, -0.25) is 14.5 Å². The van der Waals surface area contributed by atoms with E-state index >= 15 is 0 Å². The maximum absolute atomic E-state index is 13.0. The first-order chi connectivity index (χ1) is 12.8. The van der Waals surface area contributed by atoms with Crippen molar-refractivity contribution in [3.8, 4) is 5.75 Å². The minimum atomic E-state index is -0.317. The molecule has 0 aromatic heterocycles. The summed E-state index contributed by atoms with van der Waals surface area (Å²) in [5.41, 5.74) is 1.22. The lowest BCUT2D eigenvalue weighted by Gasteiger charge is -2.54. The Morgan fingerprint density at radius 2 is 1.93 bits per heavy atom. The van der Waals surface area contributed by atoms with Crippen molar-refractivity contribution in [2.75, 3.05) is 6.54 Å². The average molecular weight is 389 g/mol. The first-order valence-corrected chi connectivity index (χ1v) is 10.3. The summed E-state index contributed by atoms with van der Waals surface area (Å²) >= 11 is 6.27. The molecule has 0 spiro atoms. The fourth-order valence-electron chi connectivity index (χ4n) is 5.59. The monoisotopic (exact) mass is 388 g/mol. The van der Waals surface area contributed by atoms with E-state index in [1.807, 2.05) is 19.9 Å². The predicted molar refractivity (Wildman–Crippen MR) is 102 cm³/mol. The van der Waals surface area contributed by atoms with E-state index in [-0.39, 0.29) is 23.5 Å². The maximum atomic E-state index is 13.0. The molecule has 1 N–H and O–H groups in total. The fraction of sp³-hybridized carbons (Fsp3) is 0.619. The Kier molecular flexibility index (Phi) is 3.86. The summed E-state index contributed by atoms with van der Waals surface area (Å²) in [5, 5.41) is 3.80. The lowest BCUT2D eigenvalue weighted by atomic mass is 9.71. The molecule has 0 radical (unpaired) electrons. The van der Waals surface area contributed by atoms with Gasteiger partial charge in [-0.2, -0.15) is 0 Å². The number of hydrogen-bond donors (Lipinski definition) is 1. The summed E-state index contributed by atoms with van der Waals surface area (Å²) in [7, 11) is 0. The molecule has 0 saturated carbocycles. The largest absolute Gasteiger partial charge is 0.486 e. The number of hydrogen-bond acceptors (Lipinski definition) is 4. The van der Waals surface area contributed by atoms with Crippen LogP contribution in [0.25, 0.3) is 0 Å². The number of ether oxygens (including phenoxy) is 1. The van der Waals surface area contributed by atoms with Crippen molar-refractivity contribution in [3.63, 3.8) is 0 Å². The number of Topliss-reactive ketones (excluding diaryl/α,β-unsaturated/α-hetero) is 1. The summed E-state index contributed by atoms with van der Waals surface area (Å²) in [6, 6.07) is 4.60. The molecule has 5 atom stereocenters. The number of fused-ring (bicyclic) bond motifs is 2. The zero-order valence-electron chi connectivity index (χ0n) is 15.8. The number of benzene rings is 1. The van der Waals surface area contributed by atoms with Crippen LogP contribution in [0.4, 0.5) is 0 Å². The van der Waals surface area contributed by atoms with Gasteiger partial charge in [-0.05, 0) is 51.7 Å². The van der Waals surface area contributed by atoms with Gasteiger partial charge in [-0.1, -0.05) is 11.6 Å². The molecule has 5 nitrogen and oxygen atoms in total. The molecular weight excluding hydrogens is 364 g/mol. The predicted octanol–water partition coefficient (Wildman–Crippen LogP) is 2.98. The van der Waals surface area contributed by atoms with Crippen LogP contribution < -0.4 is 10.1 Å². The van der Waals surface area contributed by atoms with Gasteiger partial charge >= 0.3 is 0 Å². The lowest BCUT2D eigenvalue weighted by Crippen LogP contribution is -2.64. The van der Waals surface area contributed by atoms with Crippen LogP contribution >= 0.6 is 11.6 Å². The normalized spacial score (nSPS) is 35.5. The number of carbonyl (C=O) groups is 2. The van der Waals surface area contributed by atoms with Crippen molar-refractivity contribution in [2.45, 2.75) is 69.7 Å². The number of ketones is 1. The van der Waals surface area contributed by atoms with Crippen LogP contribution in [0.1, 0.15) is 55.5 Å². The zero-order chi connectivity index (χ0) is 18.9. The molecule has 4 saturated heterocycles. The van der Waals surface area contributed by atoms with Gasteiger partial charge in [0, 0.05) is 41.1 Å². The molecule has 1 aromatic carbocycles. The summed E-state index contributed by atoms with van der Waals surface area (Å²) < 4.78 is 6.05. The van der Waals surface area contributed by atoms with Crippen LogP contribution in [0.3, 0.4) is 0 Å². The van der Waals surface area contributed by atoms with E-state index in [1.54, 1.807) is 6.07 Å². The Morgan fingerprint density at radius 3 is 2.59 bits per heavy atom. The maximum Gasteiger partial charge on any atom is 0.255 e. The van der Waals surface area contributed by atoms with Gasteiger partial charge in [-0.25, -0.2) is 0 Å².